The van der Waals surface area contributed by atoms with Crippen LogP contribution in [0, 0.1) is 5.82 Å². The molecule has 2 aromatic carbocycles. The van der Waals surface area contributed by atoms with E-state index in [4.69, 9.17) is 9.94 Å². The lowest BCUT2D eigenvalue weighted by atomic mass is 9.93. The first-order valence-electron chi connectivity index (χ1n) is 7.13. The van der Waals surface area contributed by atoms with E-state index in [1.165, 1.54) is 19.2 Å². The number of aryl methyl sites for hydroxylation is 1. The van der Waals surface area contributed by atoms with Crippen molar-refractivity contribution in [2.24, 2.45) is 5.16 Å². The number of amides is 1. The highest BCUT2D eigenvalue weighted by Gasteiger charge is 2.28. The van der Waals surface area contributed by atoms with Crippen LogP contribution in [0.2, 0.25) is 0 Å². The minimum atomic E-state index is -0.465. The van der Waals surface area contributed by atoms with Gasteiger partial charge in [0.2, 0.25) is 0 Å². The summed E-state index contributed by atoms with van der Waals surface area (Å²) < 4.78 is 19.0. The van der Waals surface area contributed by atoms with Crippen LogP contribution in [0.4, 0.5) is 10.1 Å². The molecule has 3 rings (SSSR count). The fraction of sp³-hybridized carbons (Fsp3) is 0.176. The first-order valence-corrected chi connectivity index (χ1v) is 7.13. The molecule has 0 saturated carbocycles. The van der Waals surface area contributed by atoms with E-state index in [2.05, 4.69) is 10.5 Å². The van der Waals surface area contributed by atoms with Gasteiger partial charge >= 0.3 is 0 Å². The third-order valence-electron chi connectivity index (χ3n) is 3.89. The van der Waals surface area contributed by atoms with E-state index in [1.807, 2.05) is 13.0 Å². The predicted octanol–water partition coefficient (Wildman–Crippen LogP) is 3.19. The molecule has 5 nitrogen and oxygen atoms in total. The molecule has 0 fully saturated rings. The highest BCUT2D eigenvalue weighted by atomic mass is 19.1. The molecule has 0 aromatic heterocycles. The molecule has 1 amide bonds. The second kappa shape index (κ2) is 5.72. The zero-order valence-corrected chi connectivity index (χ0v) is 12.7. The Morgan fingerprint density at radius 2 is 2.00 bits per heavy atom. The standard InChI is InChI=1S/C17H15FN2O3/c1-3-9-6-14-13(16(20-22)17(21)19-14)8-11(9)12-7-10(18)4-5-15(12)23-2/h4-8,22H,3H2,1-2H3,(H,19,20,21). The Hall–Kier alpha value is -2.89. The smallest absolute Gasteiger partial charge is 0.278 e. The average molecular weight is 314 g/mol. The van der Waals surface area contributed by atoms with Gasteiger partial charge in [0, 0.05) is 11.1 Å². The van der Waals surface area contributed by atoms with E-state index in [9.17, 15) is 9.18 Å². The summed E-state index contributed by atoms with van der Waals surface area (Å²) in [5.41, 5.74) is 3.25. The van der Waals surface area contributed by atoms with Gasteiger partial charge in [0.15, 0.2) is 5.71 Å². The van der Waals surface area contributed by atoms with Gasteiger partial charge in [0.05, 0.1) is 12.8 Å². The van der Waals surface area contributed by atoms with Gasteiger partial charge in [-0.15, -0.1) is 0 Å². The van der Waals surface area contributed by atoms with Gasteiger partial charge in [-0.1, -0.05) is 12.1 Å². The number of ether oxygens (including phenoxy) is 1. The summed E-state index contributed by atoms with van der Waals surface area (Å²) in [6.07, 6.45) is 0.684. The topological polar surface area (TPSA) is 70.9 Å². The summed E-state index contributed by atoms with van der Waals surface area (Å²) >= 11 is 0. The maximum absolute atomic E-state index is 13.7. The molecule has 0 bridgehead atoms. The maximum atomic E-state index is 13.7. The van der Waals surface area contributed by atoms with Gasteiger partial charge in [-0.05, 0) is 47.9 Å². The highest BCUT2D eigenvalue weighted by molar-refractivity contribution is 6.53. The monoisotopic (exact) mass is 314 g/mol. The molecule has 0 unspecified atom stereocenters. The van der Waals surface area contributed by atoms with E-state index in [-0.39, 0.29) is 11.5 Å². The van der Waals surface area contributed by atoms with Crippen molar-refractivity contribution < 1.29 is 19.1 Å². The van der Waals surface area contributed by atoms with Crippen LogP contribution < -0.4 is 10.1 Å². The van der Waals surface area contributed by atoms with Gasteiger partial charge in [-0.2, -0.15) is 0 Å². The lowest BCUT2D eigenvalue weighted by Gasteiger charge is -2.14. The van der Waals surface area contributed by atoms with Crippen molar-refractivity contribution in [2.45, 2.75) is 13.3 Å². The molecule has 0 radical (unpaired) electrons. The van der Waals surface area contributed by atoms with Crippen LogP contribution in [0.5, 0.6) is 5.75 Å². The van der Waals surface area contributed by atoms with Crippen LogP contribution in [-0.2, 0) is 11.2 Å². The fourth-order valence-corrected chi connectivity index (χ4v) is 2.78. The minimum absolute atomic E-state index is 0.0562. The van der Waals surface area contributed by atoms with Gasteiger partial charge in [-0.25, -0.2) is 4.39 Å². The molecule has 1 heterocycles. The zero-order chi connectivity index (χ0) is 16.6. The largest absolute Gasteiger partial charge is 0.496 e. The van der Waals surface area contributed by atoms with Crippen LogP contribution in [-0.4, -0.2) is 23.9 Å². The Morgan fingerprint density at radius 3 is 2.65 bits per heavy atom. The fourth-order valence-electron chi connectivity index (χ4n) is 2.78. The highest BCUT2D eigenvalue weighted by Crippen LogP contribution is 2.37. The molecule has 0 spiro atoms. The summed E-state index contributed by atoms with van der Waals surface area (Å²) in [5, 5.41) is 14.8. The summed E-state index contributed by atoms with van der Waals surface area (Å²) in [4.78, 5) is 11.8. The molecule has 0 aliphatic carbocycles. The maximum Gasteiger partial charge on any atom is 0.278 e. The van der Waals surface area contributed by atoms with Gasteiger partial charge < -0.3 is 15.3 Å². The van der Waals surface area contributed by atoms with Crippen LogP contribution in [0.1, 0.15) is 18.1 Å². The molecule has 2 aromatic rings. The van der Waals surface area contributed by atoms with E-state index < -0.39 is 5.91 Å². The van der Waals surface area contributed by atoms with Gasteiger partial charge in [-0.3, -0.25) is 4.79 Å². The molecular weight excluding hydrogens is 299 g/mol. The number of fused-ring (bicyclic) bond motifs is 1. The number of nitrogens with one attached hydrogen (secondary N) is 1. The lowest BCUT2D eigenvalue weighted by Crippen LogP contribution is -2.13. The quantitative estimate of drug-likeness (QED) is 0.675. The summed E-state index contributed by atoms with van der Waals surface area (Å²) in [6.45, 7) is 1.97. The second-order valence-corrected chi connectivity index (χ2v) is 5.16. The normalized spacial score (nSPS) is 14.7. The number of hydrogen-bond acceptors (Lipinski definition) is 4. The van der Waals surface area contributed by atoms with E-state index in [1.54, 1.807) is 12.1 Å². The molecular formula is C17H15FN2O3. The Kier molecular flexibility index (Phi) is 3.73. The van der Waals surface area contributed by atoms with E-state index >= 15 is 0 Å². The number of methoxy groups -OCH3 is 1. The number of rotatable bonds is 3. The Morgan fingerprint density at radius 1 is 1.22 bits per heavy atom. The van der Waals surface area contributed by atoms with Crippen molar-refractivity contribution in [1.82, 2.24) is 0 Å². The van der Waals surface area contributed by atoms with Gasteiger partial charge in [0.25, 0.3) is 5.91 Å². The van der Waals surface area contributed by atoms with Crippen molar-refractivity contribution in [3.63, 3.8) is 0 Å². The van der Waals surface area contributed by atoms with Crippen LogP contribution in [0.15, 0.2) is 35.5 Å². The predicted molar refractivity (Wildman–Crippen MR) is 84.7 cm³/mol. The Labute approximate surface area is 132 Å². The number of carbonyl (C=O) groups excluding carboxylic acids is 1. The Bertz CT molecular complexity index is 831. The first-order chi connectivity index (χ1) is 11.1. The van der Waals surface area contributed by atoms with Crippen LogP contribution in [0.3, 0.4) is 0 Å². The van der Waals surface area contributed by atoms with Crippen molar-refractivity contribution in [3.05, 3.63) is 47.3 Å². The molecule has 118 valence electrons. The van der Waals surface area contributed by atoms with Gasteiger partial charge in [0.1, 0.15) is 11.6 Å². The van der Waals surface area contributed by atoms with E-state index in [0.29, 0.717) is 29.0 Å². The van der Waals surface area contributed by atoms with Crippen LogP contribution >= 0.6 is 0 Å². The molecule has 0 atom stereocenters. The minimum Gasteiger partial charge on any atom is -0.496 e. The Balaban J connectivity index is 2.27. The first kappa shape index (κ1) is 15.0. The third-order valence-corrected chi connectivity index (χ3v) is 3.89. The molecule has 1 aliphatic rings. The zero-order valence-electron chi connectivity index (χ0n) is 12.7. The molecule has 23 heavy (non-hydrogen) atoms. The SMILES string of the molecule is CCc1cc2c(cc1-c1cc(F)ccc1OC)/C(=N/O)C(=O)N2. The molecule has 6 heteroatoms. The third kappa shape index (κ3) is 2.42. The van der Waals surface area contributed by atoms with Crippen molar-refractivity contribution in [1.29, 1.82) is 0 Å². The van der Waals surface area contributed by atoms with Crippen molar-refractivity contribution in [2.75, 3.05) is 12.4 Å². The van der Waals surface area contributed by atoms with Crippen LogP contribution in [0.25, 0.3) is 11.1 Å². The van der Waals surface area contributed by atoms with E-state index in [0.717, 1.165) is 11.1 Å². The summed E-state index contributed by atoms with van der Waals surface area (Å²) in [6, 6.07) is 7.80. The second-order valence-electron chi connectivity index (χ2n) is 5.16. The number of benzene rings is 2. The number of anilines is 1. The summed E-state index contributed by atoms with van der Waals surface area (Å²) in [7, 11) is 1.52. The number of halogens is 1. The number of nitrogens with zero attached hydrogens (tertiary/aromatic N) is 1. The number of oxime groups is 1. The molecule has 2 N–H and O–H groups in total. The van der Waals surface area contributed by atoms with Crippen molar-refractivity contribution >= 4 is 17.3 Å². The average Bonchev–Trinajstić information content (AvgIpc) is 2.87. The number of carbonyl (C=O) groups is 1. The number of hydrogen-bond donors (Lipinski definition) is 2. The van der Waals surface area contributed by atoms with Crippen molar-refractivity contribution in [3.8, 4) is 16.9 Å². The summed E-state index contributed by atoms with van der Waals surface area (Å²) in [5.74, 6) is -0.317. The lowest BCUT2D eigenvalue weighted by molar-refractivity contribution is -0.110. The molecule has 1 aliphatic heterocycles. The molecule has 0 saturated heterocycles.